The second-order valence-electron chi connectivity index (χ2n) is 6.94. The molecule has 4 rings (SSSR count). The highest BCUT2D eigenvalue weighted by atomic mass is 31.2. The Balaban J connectivity index is 1.40. The molecule has 2 aliphatic heterocycles. The minimum Gasteiger partial charge on any atom is -0.403 e. The number of aromatic amines is 1. The summed E-state index contributed by atoms with van der Waals surface area (Å²) >= 11 is 0. The maximum Gasteiger partial charge on any atom is 0.530 e. The molecular weight excluding hydrogens is 387 g/mol. The van der Waals surface area contributed by atoms with E-state index in [4.69, 9.17) is 18.3 Å². The van der Waals surface area contributed by atoms with Crippen LogP contribution in [0.15, 0.2) is 34.0 Å². The van der Waals surface area contributed by atoms with Gasteiger partial charge in [-0.1, -0.05) is 18.2 Å². The predicted octanol–water partition coefficient (Wildman–Crippen LogP) is 2.56. The Hall–Kier alpha value is -2.19. The van der Waals surface area contributed by atoms with Crippen molar-refractivity contribution in [1.82, 2.24) is 9.55 Å². The normalized spacial score (nSPS) is 26.6. The minimum atomic E-state index is -3.74. The van der Waals surface area contributed by atoms with E-state index in [-0.39, 0.29) is 19.3 Å². The molecule has 2 aliphatic rings. The fourth-order valence-electron chi connectivity index (χ4n) is 3.30. The summed E-state index contributed by atoms with van der Waals surface area (Å²) in [5.74, 6) is 0.526. The fourth-order valence-corrected chi connectivity index (χ4v) is 4.61. The second-order valence-corrected chi connectivity index (χ2v) is 8.53. The van der Waals surface area contributed by atoms with Gasteiger partial charge in [0.15, 0.2) is 0 Å². The van der Waals surface area contributed by atoms with Crippen LogP contribution < -0.4 is 15.8 Å². The lowest BCUT2D eigenvalue weighted by molar-refractivity contribution is -0.0265. The highest BCUT2D eigenvalue weighted by molar-refractivity contribution is 7.49. The van der Waals surface area contributed by atoms with Gasteiger partial charge in [0.05, 0.1) is 19.3 Å². The Labute approximate surface area is 160 Å². The third-order valence-electron chi connectivity index (χ3n) is 4.83. The first-order chi connectivity index (χ1) is 13.3. The van der Waals surface area contributed by atoms with Crippen LogP contribution in [0, 0.1) is 13.8 Å². The van der Waals surface area contributed by atoms with Gasteiger partial charge in [-0.15, -0.1) is 0 Å². The van der Waals surface area contributed by atoms with E-state index in [1.54, 1.807) is 6.92 Å². The quantitative estimate of drug-likeness (QED) is 0.775. The van der Waals surface area contributed by atoms with Crippen molar-refractivity contribution in [2.24, 2.45) is 0 Å². The highest BCUT2D eigenvalue weighted by Crippen LogP contribution is 2.55. The van der Waals surface area contributed by atoms with Gasteiger partial charge in [-0.3, -0.25) is 23.4 Å². The number of para-hydroxylation sites is 1. The molecule has 0 aliphatic carbocycles. The van der Waals surface area contributed by atoms with Crippen LogP contribution >= 0.6 is 7.82 Å². The zero-order chi connectivity index (χ0) is 19.9. The molecule has 0 saturated carbocycles. The SMILES string of the molecule is Cc1cccc2c1OP(=O)(OC[C@@H]1CC[C@H](n3cc(C)c(=O)[nH]c3=O)O1)OC2. The number of phosphoric ester groups is 1. The van der Waals surface area contributed by atoms with Crippen molar-refractivity contribution in [3.05, 3.63) is 61.9 Å². The van der Waals surface area contributed by atoms with Crippen molar-refractivity contribution in [2.75, 3.05) is 6.61 Å². The van der Waals surface area contributed by atoms with Gasteiger partial charge in [-0.05, 0) is 32.3 Å². The van der Waals surface area contributed by atoms with Crippen LogP contribution in [0.25, 0.3) is 0 Å². The van der Waals surface area contributed by atoms with Crippen molar-refractivity contribution in [3.8, 4) is 5.75 Å². The third-order valence-corrected chi connectivity index (χ3v) is 6.15. The average molecular weight is 408 g/mol. The summed E-state index contributed by atoms with van der Waals surface area (Å²) in [6, 6.07) is 5.59. The minimum absolute atomic E-state index is 0.00603. The molecular formula is C18H21N2O7P. The summed E-state index contributed by atoms with van der Waals surface area (Å²) in [5, 5.41) is 0. The first-order valence-electron chi connectivity index (χ1n) is 8.99. The molecule has 0 radical (unpaired) electrons. The number of hydrogen-bond acceptors (Lipinski definition) is 7. The van der Waals surface area contributed by atoms with Crippen LogP contribution in [0.3, 0.4) is 0 Å². The van der Waals surface area contributed by atoms with Crippen LogP contribution in [0.5, 0.6) is 5.75 Å². The Bertz CT molecular complexity index is 1060. The first kappa shape index (κ1) is 19.1. The zero-order valence-corrected chi connectivity index (χ0v) is 16.4. The van der Waals surface area contributed by atoms with E-state index in [2.05, 4.69) is 4.98 Å². The topological polar surface area (TPSA) is 109 Å². The van der Waals surface area contributed by atoms with Crippen molar-refractivity contribution >= 4 is 7.82 Å². The maximum absolute atomic E-state index is 12.8. The molecule has 28 heavy (non-hydrogen) atoms. The molecule has 0 bridgehead atoms. The van der Waals surface area contributed by atoms with Crippen LogP contribution in [0.2, 0.25) is 0 Å². The summed E-state index contributed by atoms with van der Waals surface area (Å²) in [6.07, 6.45) is 1.75. The molecule has 150 valence electrons. The molecule has 1 aromatic carbocycles. The highest BCUT2D eigenvalue weighted by Gasteiger charge is 2.37. The molecule has 1 saturated heterocycles. The molecule has 9 nitrogen and oxygen atoms in total. The summed E-state index contributed by atoms with van der Waals surface area (Å²) in [4.78, 5) is 25.8. The van der Waals surface area contributed by atoms with E-state index in [0.29, 0.717) is 24.2 Å². The standard InChI is InChI=1S/C18H21N2O7P/c1-11-4-3-5-13-9-24-28(23,27-16(11)13)25-10-14-6-7-15(26-14)20-8-12(2)17(21)19-18(20)22/h3-5,8,14-15H,6-7,9-10H2,1-2H3,(H,19,21,22)/t14-,15+,28?/m0/s1. The van der Waals surface area contributed by atoms with E-state index >= 15 is 0 Å². The third kappa shape index (κ3) is 3.71. The van der Waals surface area contributed by atoms with Crippen molar-refractivity contribution in [2.45, 2.75) is 45.6 Å². The van der Waals surface area contributed by atoms with Crippen LogP contribution in [-0.4, -0.2) is 22.3 Å². The lowest BCUT2D eigenvalue weighted by atomic mass is 10.1. The molecule has 1 fully saturated rings. The summed E-state index contributed by atoms with van der Waals surface area (Å²) in [6.45, 7) is 3.64. The van der Waals surface area contributed by atoms with Crippen LogP contribution in [0.4, 0.5) is 0 Å². The number of rotatable bonds is 4. The Morgan fingerprint density at radius 3 is 2.89 bits per heavy atom. The lowest BCUT2D eigenvalue weighted by Crippen LogP contribution is -2.33. The molecule has 1 unspecified atom stereocenters. The number of aromatic nitrogens is 2. The van der Waals surface area contributed by atoms with Gasteiger partial charge >= 0.3 is 13.5 Å². The summed E-state index contributed by atoms with van der Waals surface area (Å²) < 4.78 is 36.3. The van der Waals surface area contributed by atoms with Crippen molar-refractivity contribution in [3.63, 3.8) is 0 Å². The van der Waals surface area contributed by atoms with E-state index < -0.39 is 25.3 Å². The first-order valence-corrected chi connectivity index (χ1v) is 10.5. The number of ether oxygens (including phenoxy) is 1. The smallest absolute Gasteiger partial charge is 0.403 e. The summed E-state index contributed by atoms with van der Waals surface area (Å²) in [5.41, 5.74) is 1.15. The fraction of sp³-hybridized carbons (Fsp3) is 0.444. The summed E-state index contributed by atoms with van der Waals surface area (Å²) in [7, 11) is -3.74. The predicted molar refractivity (Wildman–Crippen MR) is 99.4 cm³/mol. The van der Waals surface area contributed by atoms with Crippen LogP contribution in [0.1, 0.15) is 35.8 Å². The monoisotopic (exact) mass is 408 g/mol. The lowest BCUT2D eigenvalue weighted by Gasteiger charge is -2.26. The van der Waals surface area contributed by atoms with Gasteiger partial charge in [-0.25, -0.2) is 9.36 Å². The zero-order valence-electron chi connectivity index (χ0n) is 15.5. The number of phosphoric acid groups is 1. The van der Waals surface area contributed by atoms with E-state index in [9.17, 15) is 14.2 Å². The Morgan fingerprint density at radius 2 is 2.07 bits per heavy atom. The number of hydrogen-bond donors (Lipinski definition) is 1. The molecule has 0 spiro atoms. The van der Waals surface area contributed by atoms with Gasteiger partial charge in [0, 0.05) is 17.3 Å². The molecule has 0 amide bonds. The number of fused-ring (bicyclic) bond motifs is 1. The maximum atomic E-state index is 12.8. The Kier molecular flexibility index (Phi) is 5.01. The molecule has 2 aromatic rings. The number of nitrogens with one attached hydrogen (secondary N) is 1. The van der Waals surface area contributed by atoms with Crippen LogP contribution in [-0.2, 0) is 25.0 Å². The van der Waals surface area contributed by atoms with E-state index in [1.165, 1.54) is 10.8 Å². The Morgan fingerprint density at radius 1 is 1.25 bits per heavy atom. The molecule has 3 heterocycles. The van der Waals surface area contributed by atoms with Gasteiger partial charge < -0.3 is 9.26 Å². The van der Waals surface area contributed by atoms with Gasteiger partial charge in [0.2, 0.25) is 0 Å². The largest absolute Gasteiger partial charge is 0.530 e. The second kappa shape index (κ2) is 7.33. The van der Waals surface area contributed by atoms with Gasteiger partial charge in [0.25, 0.3) is 5.56 Å². The number of aryl methyl sites for hydroxylation is 2. The van der Waals surface area contributed by atoms with Gasteiger partial charge in [-0.2, -0.15) is 0 Å². The van der Waals surface area contributed by atoms with Crippen molar-refractivity contribution in [1.29, 1.82) is 0 Å². The molecule has 3 atom stereocenters. The van der Waals surface area contributed by atoms with Crippen molar-refractivity contribution < 1.29 is 22.9 Å². The molecule has 10 heteroatoms. The van der Waals surface area contributed by atoms with E-state index in [0.717, 1.165) is 11.1 Å². The van der Waals surface area contributed by atoms with E-state index in [1.807, 2.05) is 25.1 Å². The average Bonchev–Trinajstić information content (AvgIpc) is 3.13. The number of nitrogens with zero attached hydrogens (tertiary/aromatic N) is 1. The number of H-pyrrole nitrogens is 1. The number of benzene rings is 1. The van der Waals surface area contributed by atoms with Gasteiger partial charge in [0.1, 0.15) is 12.0 Å². The molecule has 1 N–H and O–H groups in total. The molecule has 1 aromatic heterocycles.